The molecule has 168 valence electrons. The number of anilines is 1. The van der Waals surface area contributed by atoms with Crippen molar-refractivity contribution < 1.29 is 27.8 Å². The number of carbonyl (C=O) groups is 1. The highest BCUT2D eigenvalue weighted by Gasteiger charge is 2.42. The fraction of sp³-hybridized carbons (Fsp3) is 0.300. The van der Waals surface area contributed by atoms with E-state index in [9.17, 15) is 23.1 Å². The van der Waals surface area contributed by atoms with Crippen LogP contribution in [0.4, 0.5) is 18.9 Å². The van der Waals surface area contributed by atoms with Crippen molar-refractivity contribution in [2.24, 2.45) is 0 Å². The first kappa shape index (κ1) is 21.4. The summed E-state index contributed by atoms with van der Waals surface area (Å²) in [6, 6.07) is 9.39. The second-order valence-electron chi connectivity index (χ2n) is 7.02. The van der Waals surface area contributed by atoms with Crippen LogP contribution in [0.5, 0.6) is 11.6 Å². The predicted octanol–water partition coefficient (Wildman–Crippen LogP) is 2.36. The third-order valence-corrected chi connectivity index (χ3v) is 5.11. The Labute approximate surface area is 180 Å². The van der Waals surface area contributed by atoms with Gasteiger partial charge in [0.1, 0.15) is 5.75 Å². The molecule has 0 spiro atoms. The molecule has 0 radical (unpaired) electrons. The molecule has 3 heterocycles. The lowest BCUT2D eigenvalue weighted by Crippen LogP contribution is -2.49. The fourth-order valence-electron chi connectivity index (χ4n) is 3.54. The highest BCUT2D eigenvalue weighted by Crippen LogP contribution is 2.34. The highest BCUT2D eigenvalue weighted by molar-refractivity contribution is 5.95. The van der Waals surface area contributed by atoms with E-state index in [4.69, 9.17) is 4.74 Å². The molecule has 9 nitrogen and oxygen atoms in total. The van der Waals surface area contributed by atoms with Crippen LogP contribution in [0, 0.1) is 0 Å². The molecule has 12 heteroatoms. The number of carbonyl (C=O) groups excluding carboxylic acids is 1. The lowest BCUT2D eigenvalue weighted by atomic mass is 10.1. The topological polar surface area (TPSA) is 96.6 Å². The quantitative estimate of drug-likeness (QED) is 0.655. The number of benzene rings is 1. The number of piperazine rings is 1. The molecule has 0 atom stereocenters. The van der Waals surface area contributed by atoms with Gasteiger partial charge in [-0.1, -0.05) is 12.1 Å². The van der Waals surface area contributed by atoms with Gasteiger partial charge in [0.15, 0.2) is 11.5 Å². The number of nitrogens with zero attached hydrogens (tertiary/aromatic N) is 6. The SMILES string of the molecule is COc1ccc(-n2ncc(C(=O)N3CCN(c4ccccc4O)CC3)c2C(F)(F)F)nn1. The van der Waals surface area contributed by atoms with Gasteiger partial charge >= 0.3 is 6.18 Å². The molecule has 0 aliphatic carbocycles. The average Bonchev–Trinajstić information content (AvgIpc) is 3.25. The summed E-state index contributed by atoms with van der Waals surface area (Å²) in [6.07, 6.45) is -3.95. The molecule has 1 aliphatic rings. The van der Waals surface area contributed by atoms with E-state index < -0.39 is 23.3 Å². The summed E-state index contributed by atoms with van der Waals surface area (Å²) in [7, 11) is 1.36. The van der Waals surface area contributed by atoms with Gasteiger partial charge in [-0.2, -0.15) is 18.3 Å². The molecule has 0 saturated carbocycles. The molecule has 0 unspecified atom stereocenters. The van der Waals surface area contributed by atoms with Crippen LogP contribution in [-0.4, -0.2) is 69.2 Å². The number of amides is 1. The first-order valence-electron chi connectivity index (χ1n) is 9.65. The molecular formula is C20H19F3N6O3. The summed E-state index contributed by atoms with van der Waals surface area (Å²) >= 11 is 0. The Morgan fingerprint density at radius 1 is 1.06 bits per heavy atom. The van der Waals surface area contributed by atoms with Crippen LogP contribution >= 0.6 is 0 Å². The highest BCUT2D eigenvalue weighted by atomic mass is 19.4. The van der Waals surface area contributed by atoms with Crippen molar-refractivity contribution in [1.29, 1.82) is 0 Å². The lowest BCUT2D eigenvalue weighted by molar-refractivity contribution is -0.143. The van der Waals surface area contributed by atoms with E-state index in [2.05, 4.69) is 15.3 Å². The Morgan fingerprint density at radius 2 is 1.78 bits per heavy atom. The van der Waals surface area contributed by atoms with E-state index in [0.29, 0.717) is 23.5 Å². The van der Waals surface area contributed by atoms with E-state index in [1.54, 1.807) is 24.3 Å². The van der Waals surface area contributed by atoms with E-state index in [1.165, 1.54) is 24.1 Å². The van der Waals surface area contributed by atoms with E-state index >= 15 is 0 Å². The minimum absolute atomic E-state index is 0.105. The normalized spacial score (nSPS) is 14.5. The molecular weight excluding hydrogens is 429 g/mol. The third-order valence-electron chi connectivity index (χ3n) is 5.11. The predicted molar refractivity (Wildman–Crippen MR) is 107 cm³/mol. The summed E-state index contributed by atoms with van der Waals surface area (Å²) in [6.45, 7) is 1.11. The van der Waals surface area contributed by atoms with Crippen LogP contribution in [0.3, 0.4) is 0 Å². The molecule has 1 aliphatic heterocycles. The number of rotatable bonds is 4. The molecule has 3 aromatic rings. The van der Waals surface area contributed by atoms with Gasteiger partial charge in [0.2, 0.25) is 5.88 Å². The maximum atomic E-state index is 13.9. The number of phenolic OH excluding ortho intramolecular Hbond substituents is 1. The standard InChI is InChI=1S/C20H19F3N6O3/c1-32-17-7-6-16(25-26-17)29-18(20(21,22)23)13(12-24-29)19(31)28-10-8-27(9-11-28)14-4-2-3-5-15(14)30/h2-7,12,30H,8-11H2,1H3. The lowest BCUT2D eigenvalue weighted by Gasteiger charge is -2.36. The van der Waals surface area contributed by atoms with Crippen LogP contribution in [0.1, 0.15) is 16.1 Å². The Bertz CT molecular complexity index is 1110. The maximum Gasteiger partial charge on any atom is 0.434 e. The largest absolute Gasteiger partial charge is 0.506 e. The van der Waals surface area contributed by atoms with Gasteiger partial charge in [-0.05, 0) is 18.2 Å². The van der Waals surface area contributed by atoms with Gasteiger partial charge in [-0.15, -0.1) is 10.2 Å². The Balaban J connectivity index is 1.58. The summed E-state index contributed by atoms with van der Waals surface area (Å²) in [5.41, 5.74) is -1.17. The second-order valence-corrected chi connectivity index (χ2v) is 7.02. The van der Waals surface area contributed by atoms with E-state index in [1.807, 2.05) is 4.90 Å². The van der Waals surface area contributed by atoms with Crippen molar-refractivity contribution in [3.05, 3.63) is 53.9 Å². The number of phenols is 1. The molecule has 4 rings (SSSR count). The molecule has 1 amide bonds. The molecule has 1 saturated heterocycles. The van der Waals surface area contributed by atoms with Gasteiger partial charge < -0.3 is 19.6 Å². The molecule has 1 aromatic carbocycles. The molecule has 32 heavy (non-hydrogen) atoms. The number of halogens is 3. The number of para-hydroxylation sites is 2. The van der Waals surface area contributed by atoms with Gasteiger partial charge in [-0.3, -0.25) is 4.79 Å². The first-order chi connectivity index (χ1) is 15.3. The average molecular weight is 448 g/mol. The van der Waals surface area contributed by atoms with E-state index in [0.717, 1.165) is 6.20 Å². The third kappa shape index (κ3) is 4.03. The van der Waals surface area contributed by atoms with Gasteiger partial charge in [0, 0.05) is 32.2 Å². The molecule has 1 N–H and O–H groups in total. The van der Waals surface area contributed by atoms with Crippen LogP contribution in [0.15, 0.2) is 42.6 Å². The summed E-state index contributed by atoms with van der Waals surface area (Å²) < 4.78 is 47.1. The van der Waals surface area contributed by atoms with E-state index in [-0.39, 0.29) is 30.5 Å². The van der Waals surface area contributed by atoms with Crippen molar-refractivity contribution >= 4 is 11.6 Å². The van der Waals surface area contributed by atoms with Crippen molar-refractivity contribution in [1.82, 2.24) is 24.9 Å². The zero-order valence-corrected chi connectivity index (χ0v) is 17.0. The van der Waals surface area contributed by atoms with Gasteiger partial charge in [0.05, 0.1) is 24.6 Å². The number of alkyl halides is 3. The van der Waals surface area contributed by atoms with Crippen LogP contribution < -0.4 is 9.64 Å². The maximum absolute atomic E-state index is 13.9. The fourth-order valence-corrected chi connectivity index (χ4v) is 3.54. The molecule has 2 aromatic heterocycles. The first-order valence-corrected chi connectivity index (χ1v) is 9.65. The number of ether oxygens (including phenoxy) is 1. The van der Waals surface area contributed by atoms with Crippen LogP contribution in [-0.2, 0) is 6.18 Å². The van der Waals surface area contributed by atoms with Crippen LogP contribution in [0.25, 0.3) is 5.82 Å². The number of aromatic nitrogens is 4. The number of aromatic hydroxyl groups is 1. The monoisotopic (exact) mass is 448 g/mol. The summed E-state index contributed by atoms with van der Waals surface area (Å²) in [5, 5.41) is 21.1. The van der Waals surface area contributed by atoms with Crippen molar-refractivity contribution in [3.8, 4) is 17.4 Å². The molecule has 0 bridgehead atoms. The number of methoxy groups -OCH3 is 1. The molecule has 1 fully saturated rings. The van der Waals surface area contributed by atoms with Gasteiger partial charge in [-0.25, -0.2) is 4.68 Å². The van der Waals surface area contributed by atoms with Crippen molar-refractivity contribution in [3.63, 3.8) is 0 Å². The number of hydrogen-bond acceptors (Lipinski definition) is 7. The second kappa shape index (κ2) is 8.36. The summed E-state index contributed by atoms with van der Waals surface area (Å²) in [5.74, 6) is -0.731. The minimum Gasteiger partial charge on any atom is -0.506 e. The smallest absolute Gasteiger partial charge is 0.434 e. The Hall–Kier alpha value is -3.83. The Morgan fingerprint density at radius 3 is 2.38 bits per heavy atom. The minimum atomic E-state index is -4.85. The zero-order valence-electron chi connectivity index (χ0n) is 17.0. The van der Waals surface area contributed by atoms with Gasteiger partial charge in [0.25, 0.3) is 5.91 Å². The van der Waals surface area contributed by atoms with Crippen LogP contribution in [0.2, 0.25) is 0 Å². The zero-order chi connectivity index (χ0) is 22.9. The van der Waals surface area contributed by atoms with Crippen molar-refractivity contribution in [2.75, 3.05) is 38.2 Å². The van der Waals surface area contributed by atoms with Crippen molar-refractivity contribution in [2.45, 2.75) is 6.18 Å². The summed E-state index contributed by atoms with van der Waals surface area (Å²) in [4.78, 5) is 16.2. The Kier molecular flexibility index (Phi) is 5.59. The number of hydrogen-bond donors (Lipinski definition) is 1.